The Morgan fingerprint density at radius 3 is 3.07 bits per heavy atom. The molecule has 0 saturated carbocycles. The minimum Gasteiger partial charge on any atom is -0.377 e. The van der Waals surface area contributed by atoms with Crippen LogP contribution in [0.2, 0.25) is 0 Å². The molecule has 0 aromatic heterocycles. The summed E-state index contributed by atoms with van der Waals surface area (Å²) in [5.74, 6) is -1.29. The standard InChI is InChI=1S/C9H18N2O3/c1-7-3-4-11-8(12)5-10-6-14-9(7,2)13/h8,10-13H,1,3-6H2,2H3. The molecule has 5 nitrogen and oxygen atoms in total. The van der Waals surface area contributed by atoms with Gasteiger partial charge in [-0.2, -0.15) is 0 Å². The normalized spacial score (nSPS) is 36.8. The van der Waals surface area contributed by atoms with Crippen LogP contribution in [-0.2, 0) is 4.74 Å². The molecule has 1 rings (SSSR count). The van der Waals surface area contributed by atoms with E-state index in [-0.39, 0.29) is 6.73 Å². The van der Waals surface area contributed by atoms with E-state index in [2.05, 4.69) is 17.2 Å². The van der Waals surface area contributed by atoms with Gasteiger partial charge in [0.1, 0.15) is 13.0 Å². The van der Waals surface area contributed by atoms with E-state index in [0.717, 1.165) is 0 Å². The fourth-order valence-corrected chi connectivity index (χ4v) is 1.18. The number of hydrogen-bond acceptors (Lipinski definition) is 5. The highest BCUT2D eigenvalue weighted by molar-refractivity contribution is 5.06. The van der Waals surface area contributed by atoms with Crippen molar-refractivity contribution in [2.45, 2.75) is 25.4 Å². The summed E-state index contributed by atoms with van der Waals surface area (Å²) in [6, 6.07) is 0. The molecule has 5 heteroatoms. The minimum absolute atomic E-state index is 0.185. The van der Waals surface area contributed by atoms with Gasteiger partial charge < -0.3 is 14.9 Å². The van der Waals surface area contributed by atoms with Gasteiger partial charge >= 0.3 is 0 Å². The van der Waals surface area contributed by atoms with E-state index in [4.69, 9.17) is 4.74 Å². The lowest BCUT2D eigenvalue weighted by molar-refractivity contribution is -0.169. The van der Waals surface area contributed by atoms with Crippen LogP contribution in [0.25, 0.3) is 0 Å². The Labute approximate surface area is 83.8 Å². The third-order valence-corrected chi connectivity index (χ3v) is 2.26. The highest BCUT2D eigenvalue weighted by Gasteiger charge is 2.25. The minimum atomic E-state index is -1.29. The van der Waals surface area contributed by atoms with Crippen molar-refractivity contribution < 1.29 is 14.9 Å². The molecule has 2 unspecified atom stereocenters. The molecule has 0 aromatic rings. The molecular formula is C9H18N2O3. The van der Waals surface area contributed by atoms with Crippen molar-refractivity contribution in [1.82, 2.24) is 10.6 Å². The maximum Gasteiger partial charge on any atom is 0.186 e. The van der Waals surface area contributed by atoms with Crippen LogP contribution in [0, 0.1) is 0 Å². The summed E-state index contributed by atoms with van der Waals surface area (Å²) in [6.45, 7) is 6.45. The van der Waals surface area contributed by atoms with E-state index in [9.17, 15) is 10.2 Å². The number of aliphatic hydroxyl groups excluding tert-OH is 1. The lowest BCUT2D eigenvalue weighted by Crippen LogP contribution is -2.44. The van der Waals surface area contributed by atoms with Crippen LogP contribution < -0.4 is 10.6 Å². The fraction of sp³-hybridized carbons (Fsp3) is 0.778. The molecule has 0 aromatic carbocycles. The monoisotopic (exact) mass is 202 g/mol. The van der Waals surface area contributed by atoms with Crippen LogP contribution in [0.3, 0.4) is 0 Å². The summed E-state index contributed by atoms with van der Waals surface area (Å²) in [4.78, 5) is 0. The summed E-state index contributed by atoms with van der Waals surface area (Å²) in [5.41, 5.74) is 0.598. The zero-order chi connectivity index (χ0) is 10.6. The molecule has 0 aliphatic carbocycles. The van der Waals surface area contributed by atoms with Gasteiger partial charge in [0, 0.05) is 13.1 Å². The first-order valence-corrected chi connectivity index (χ1v) is 4.69. The van der Waals surface area contributed by atoms with Gasteiger partial charge in [-0.3, -0.25) is 10.6 Å². The summed E-state index contributed by atoms with van der Waals surface area (Å²) >= 11 is 0. The molecule has 2 atom stereocenters. The number of β-amino-alcohol motifs (C(OH)–C–C–N with tert-alkyl or cyclic N) is 1. The molecule has 14 heavy (non-hydrogen) atoms. The molecule has 1 aliphatic rings. The highest BCUT2D eigenvalue weighted by atomic mass is 16.6. The zero-order valence-electron chi connectivity index (χ0n) is 8.42. The van der Waals surface area contributed by atoms with Gasteiger partial charge in [-0.25, -0.2) is 0 Å². The second kappa shape index (κ2) is 4.86. The highest BCUT2D eigenvalue weighted by Crippen LogP contribution is 2.18. The van der Waals surface area contributed by atoms with Crippen LogP contribution in [0.15, 0.2) is 12.2 Å². The first kappa shape index (κ1) is 11.6. The molecule has 0 radical (unpaired) electrons. The van der Waals surface area contributed by atoms with Crippen molar-refractivity contribution in [1.29, 1.82) is 0 Å². The third-order valence-electron chi connectivity index (χ3n) is 2.26. The molecular weight excluding hydrogens is 184 g/mol. The first-order chi connectivity index (χ1) is 6.52. The molecule has 1 heterocycles. The molecule has 0 spiro atoms. The van der Waals surface area contributed by atoms with Gasteiger partial charge in [-0.15, -0.1) is 0 Å². The summed E-state index contributed by atoms with van der Waals surface area (Å²) < 4.78 is 5.17. The smallest absolute Gasteiger partial charge is 0.186 e. The Kier molecular flexibility index (Phi) is 4.03. The molecule has 0 amide bonds. The van der Waals surface area contributed by atoms with Crippen molar-refractivity contribution in [3.63, 3.8) is 0 Å². The van der Waals surface area contributed by atoms with Crippen LogP contribution >= 0.6 is 0 Å². The van der Waals surface area contributed by atoms with Crippen molar-refractivity contribution in [3.05, 3.63) is 12.2 Å². The molecule has 4 N–H and O–H groups in total. The predicted molar refractivity (Wildman–Crippen MR) is 52.3 cm³/mol. The Morgan fingerprint density at radius 1 is 1.64 bits per heavy atom. The van der Waals surface area contributed by atoms with Gasteiger partial charge in [0.05, 0.1) is 0 Å². The van der Waals surface area contributed by atoms with Gasteiger partial charge in [0.2, 0.25) is 0 Å². The summed E-state index contributed by atoms with van der Waals surface area (Å²) in [6.07, 6.45) is -0.0150. The van der Waals surface area contributed by atoms with Gasteiger partial charge in [0.15, 0.2) is 5.79 Å². The van der Waals surface area contributed by atoms with E-state index < -0.39 is 12.0 Å². The van der Waals surface area contributed by atoms with Crippen molar-refractivity contribution in [2.24, 2.45) is 0 Å². The fourth-order valence-electron chi connectivity index (χ4n) is 1.18. The SMILES string of the molecule is C=C1CCNC(O)CNCOC1(C)O. The molecule has 1 saturated heterocycles. The van der Waals surface area contributed by atoms with E-state index in [1.807, 2.05) is 0 Å². The van der Waals surface area contributed by atoms with Crippen LogP contribution in [0.1, 0.15) is 13.3 Å². The molecule has 0 bridgehead atoms. The average Bonchev–Trinajstić information content (AvgIpc) is 2.11. The van der Waals surface area contributed by atoms with Gasteiger partial charge in [0.25, 0.3) is 0 Å². The lowest BCUT2D eigenvalue weighted by atomic mass is 10.1. The van der Waals surface area contributed by atoms with Crippen LogP contribution in [0.5, 0.6) is 0 Å². The quantitative estimate of drug-likeness (QED) is 0.384. The molecule has 82 valence electrons. The largest absolute Gasteiger partial charge is 0.377 e. The van der Waals surface area contributed by atoms with E-state index in [1.165, 1.54) is 0 Å². The Bertz CT molecular complexity index is 206. The second-order valence-corrected chi connectivity index (χ2v) is 3.55. The van der Waals surface area contributed by atoms with E-state index >= 15 is 0 Å². The van der Waals surface area contributed by atoms with Crippen LogP contribution in [-0.4, -0.2) is 42.0 Å². The number of rotatable bonds is 0. The van der Waals surface area contributed by atoms with Crippen molar-refractivity contribution in [3.8, 4) is 0 Å². The molecule has 1 aliphatic heterocycles. The van der Waals surface area contributed by atoms with Crippen molar-refractivity contribution in [2.75, 3.05) is 19.8 Å². The molecule has 1 fully saturated rings. The Hall–Kier alpha value is -0.460. The predicted octanol–water partition coefficient (Wildman–Crippen LogP) is -0.873. The third kappa shape index (κ3) is 3.36. The Balaban J connectivity index is 2.51. The van der Waals surface area contributed by atoms with Crippen LogP contribution in [0.4, 0.5) is 0 Å². The maximum atomic E-state index is 9.78. The first-order valence-electron chi connectivity index (χ1n) is 4.69. The number of aliphatic hydroxyl groups is 2. The van der Waals surface area contributed by atoms with Gasteiger partial charge in [-0.1, -0.05) is 6.58 Å². The van der Waals surface area contributed by atoms with Gasteiger partial charge in [-0.05, 0) is 18.9 Å². The topological polar surface area (TPSA) is 73.8 Å². The Morgan fingerprint density at radius 2 is 2.36 bits per heavy atom. The number of nitrogens with one attached hydrogen (secondary N) is 2. The lowest BCUT2D eigenvalue weighted by Gasteiger charge is -2.28. The van der Waals surface area contributed by atoms with Crippen molar-refractivity contribution >= 4 is 0 Å². The summed E-state index contributed by atoms with van der Waals surface area (Å²) in [5, 5.41) is 24.8. The average molecular weight is 202 g/mol. The van der Waals surface area contributed by atoms with E-state index in [1.54, 1.807) is 6.92 Å². The van der Waals surface area contributed by atoms with E-state index in [0.29, 0.717) is 25.1 Å². The second-order valence-electron chi connectivity index (χ2n) is 3.55. The number of ether oxygens (including phenoxy) is 1. The summed E-state index contributed by atoms with van der Waals surface area (Å²) in [7, 11) is 0. The zero-order valence-corrected chi connectivity index (χ0v) is 8.42. The maximum absolute atomic E-state index is 9.78. The number of hydrogen-bond donors (Lipinski definition) is 4.